The van der Waals surface area contributed by atoms with E-state index in [0.29, 0.717) is 10.9 Å². The fraction of sp³-hybridized carbons (Fsp3) is 0.222. The zero-order valence-electron chi connectivity index (χ0n) is 8.21. The third-order valence-corrected chi connectivity index (χ3v) is 2.08. The van der Waals surface area contributed by atoms with Crippen LogP contribution in [0.15, 0.2) is 16.9 Å². The van der Waals surface area contributed by atoms with E-state index in [2.05, 4.69) is 14.9 Å². The van der Waals surface area contributed by atoms with Crippen LogP contribution in [0.1, 0.15) is 0 Å². The molecule has 1 aromatic carbocycles. The Morgan fingerprint density at radius 1 is 1.25 bits per heavy atom. The van der Waals surface area contributed by atoms with Crippen molar-refractivity contribution in [2.24, 2.45) is 0 Å². The molecule has 1 aromatic heterocycles. The van der Waals surface area contributed by atoms with Crippen LogP contribution in [-0.4, -0.2) is 23.9 Å². The highest BCUT2D eigenvalue weighted by atomic mass is 19.3. The lowest BCUT2D eigenvalue weighted by Crippen LogP contribution is -2.04. The van der Waals surface area contributed by atoms with E-state index < -0.39 is 6.61 Å². The van der Waals surface area contributed by atoms with Crippen LogP contribution in [0.4, 0.5) is 8.78 Å². The summed E-state index contributed by atoms with van der Waals surface area (Å²) in [5, 5.41) is 5.18. The van der Waals surface area contributed by atoms with E-state index in [9.17, 15) is 13.6 Å². The summed E-state index contributed by atoms with van der Waals surface area (Å²) in [7, 11) is 1.31. The van der Waals surface area contributed by atoms with Gasteiger partial charge in [-0.25, -0.2) is 0 Å². The molecular weight excluding hydrogens is 222 g/mol. The molecule has 0 saturated heterocycles. The van der Waals surface area contributed by atoms with Crippen molar-refractivity contribution < 1.29 is 18.3 Å². The number of H-pyrrole nitrogens is 2. The first-order valence-corrected chi connectivity index (χ1v) is 4.35. The lowest BCUT2D eigenvalue weighted by atomic mass is 10.2. The van der Waals surface area contributed by atoms with Gasteiger partial charge >= 0.3 is 6.61 Å². The van der Waals surface area contributed by atoms with Gasteiger partial charge in [0.25, 0.3) is 5.56 Å². The van der Waals surface area contributed by atoms with E-state index in [1.165, 1.54) is 19.2 Å². The summed E-state index contributed by atoms with van der Waals surface area (Å²) in [6, 6.07) is 2.61. The van der Waals surface area contributed by atoms with Crippen LogP contribution in [0.2, 0.25) is 0 Å². The van der Waals surface area contributed by atoms with Gasteiger partial charge in [0.05, 0.1) is 18.0 Å². The number of methoxy groups -OCH3 is 1. The molecule has 5 nitrogen and oxygen atoms in total. The highest BCUT2D eigenvalue weighted by Crippen LogP contribution is 2.31. The van der Waals surface area contributed by atoms with Crippen LogP contribution in [0.25, 0.3) is 10.9 Å². The molecule has 1 heterocycles. The highest BCUT2D eigenvalue weighted by molar-refractivity contribution is 5.81. The maximum atomic E-state index is 12.1. The van der Waals surface area contributed by atoms with Gasteiger partial charge in [-0.15, -0.1) is 0 Å². The first-order valence-electron chi connectivity index (χ1n) is 4.35. The van der Waals surface area contributed by atoms with E-state index in [-0.39, 0.29) is 17.1 Å². The first kappa shape index (κ1) is 10.5. The molecule has 0 amide bonds. The third-order valence-electron chi connectivity index (χ3n) is 2.08. The van der Waals surface area contributed by atoms with E-state index in [4.69, 9.17) is 4.74 Å². The standard InChI is InChI=1S/C9H8F2N2O3/c1-15-6-2-4-5(12-13-8(4)14)3-7(6)16-9(10)11/h2-3,9H,1H3,(H2,12,13,14). The average Bonchev–Trinajstić information content (AvgIpc) is 2.58. The van der Waals surface area contributed by atoms with Crippen LogP contribution < -0.4 is 15.0 Å². The topological polar surface area (TPSA) is 67.1 Å². The third kappa shape index (κ3) is 1.71. The van der Waals surface area contributed by atoms with Gasteiger partial charge in [-0.1, -0.05) is 0 Å². The van der Waals surface area contributed by atoms with E-state index in [1.54, 1.807) is 0 Å². The molecule has 0 aliphatic carbocycles. The van der Waals surface area contributed by atoms with E-state index in [1.807, 2.05) is 0 Å². The molecule has 7 heteroatoms. The number of aromatic amines is 2. The van der Waals surface area contributed by atoms with Crippen LogP contribution in [0.3, 0.4) is 0 Å². The Morgan fingerprint density at radius 2 is 2.00 bits per heavy atom. The SMILES string of the molecule is COc1cc2c(=O)[nH][nH]c2cc1OC(F)F. The Labute approximate surface area is 88.0 Å². The Kier molecular flexibility index (Phi) is 2.51. The molecule has 2 aromatic rings. The highest BCUT2D eigenvalue weighted by Gasteiger charge is 2.13. The van der Waals surface area contributed by atoms with Crippen molar-refractivity contribution in [3.63, 3.8) is 0 Å². The molecule has 0 atom stereocenters. The van der Waals surface area contributed by atoms with Crippen molar-refractivity contribution >= 4 is 10.9 Å². The van der Waals surface area contributed by atoms with Crippen LogP contribution in [0, 0.1) is 0 Å². The van der Waals surface area contributed by atoms with Gasteiger partial charge in [-0.05, 0) is 6.07 Å². The minimum absolute atomic E-state index is 0.0814. The van der Waals surface area contributed by atoms with Gasteiger partial charge in [0.15, 0.2) is 11.5 Å². The minimum atomic E-state index is -2.95. The summed E-state index contributed by atoms with van der Waals surface area (Å²) < 4.78 is 33.3. The van der Waals surface area contributed by atoms with E-state index in [0.717, 1.165) is 0 Å². The predicted molar refractivity (Wildman–Crippen MR) is 52.1 cm³/mol. The quantitative estimate of drug-likeness (QED) is 0.838. The normalized spacial score (nSPS) is 11.0. The second-order valence-electron chi connectivity index (χ2n) is 3.01. The number of rotatable bonds is 3. The van der Waals surface area contributed by atoms with Crippen LogP contribution >= 0.6 is 0 Å². The summed E-state index contributed by atoms with van der Waals surface area (Å²) in [6.45, 7) is -2.95. The molecule has 0 bridgehead atoms. The number of alkyl halides is 2. The van der Waals surface area contributed by atoms with Crippen molar-refractivity contribution in [1.29, 1.82) is 0 Å². The minimum Gasteiger partial charge on any atom is -0.493 e. The van der Waals surface area contributed by atoms with Crippen molar-refractivity contribution in [1.82, 2.24) is 10.2 Å². The Balaban J connectivity index is 2.59. The van der Waals surface area contributed by atoms with Gasteiger partial charge in [0.2, 0.25) is 0 Å². The predicted octanol–water partition coefficient (Wildman–Crippen LogP) is 1.47. The molecule has 0 aliphatic heterocycles. The van der Waals surface area contributed by atoms with Crippen LogP contribution in [0.5, 0.6) is 11.5 Å². The maximum absolute atomic E-state index is 12.1. The largest absolute Gasteiger partial charge is 0.493 e. The number of hydrogen-bond acceptors (Lipinski definition) is 3. The number of aromatic nitrogens is 2. The lowest BCUT2D eigenvalue weighted by molar-refractivity contribution is -0.0511. The number of ether oxygens (including phenoxy) is 2. The molecule has 0 saturated carbocycles. The average molecular weight is 230 g/mol. The van der Waals surface area contributed by atoms with Crippen LogP contribution in [-0.2, 0) is 0 Å². The number of fused-ring (bicyclic) bond motifs is 1. The maximum Gasteiger partial charge on any atom is 0.387 e. The van der Waals surface area contributed by atoms with Crippen molar-refractivity contribution in [2.45, 2.75) is 6.61 Å². The molecule has 0 unspecified atom stereocenters. The second-order valence-corrected chi connectivity index (χ2v) is 3.01. The summed E-state index contributed by atoms with van der Waals surface area (Å²) in [4.78, 5) is 11.2. The van der Waals surface area contributed by atoms with Gasteiger partial charge < -0.3 is 9.47 Å². The smallest absolute Gasteiger partial charge is 0.387 e. The molecular formula is C9H8F2N2O3. The first-order chi connectivity index (χ1) is 7.61. The number of nitrogens with one attached hydrogen (secondary N) is 2. The van der Waals surface area contributed by atoms with Crippen molar-refractivity contribution in [3.8, 4) is 11.5 Å². The number of halogens is 2. The Morgan fingerprint density at radius 3 is 2.62 bits per heavy atom. The number of benzene rings is 1. The molecule has 16 heavy (non-hydrogen) atoms. The fourth-order valence-corrected chi connectivity index (χ4v) is 1.39. The summed E-state index contributed by atoms with van der Waals surface area (Å²) in [6.07, 6.45) is 0. The zero-order valence-corrected chi connectivity index (χ0v) is 8.21. The van der Waals surface area contributed by atoms with Crippen molar-refractivity contribution in [2.75, 3.05) is 7.11 Å². The summed E-state index contributed by atoms with van der Waals surface area (Å²) >= 11 is 0. The van der Waals surface area contributed by atoms with Gasteiger partial charge in [0.1, 0.15) is 0 Å². The molecule has 0 aliphatic rings. The molecule has 2 rings (SSSR count). The molecule has 0 fully saturated rings. The van der Waals surface area contributed by atoms with Gasteiger partial charge in [-0.2, -0.15) is 8.78 Å². The van der Waals surface area contributed by atoms with Gasteiger partial charge in [-0.3, -0.25) is 15.0 Å². The molecule has 0 spiro atoms. The summed E-state index contributed by atoms with van der Waals surface area (Å²) in [5.74, 6) is -0.0434. The summed E-state index contributed by atoms with van der Waals surface area (Å²) in [5.41, 5.74) is 0.0262. The number of hydrogen-bond donors (Lipinski definition) is 2. The van der Waals surface area contributed by atoms with Gasteiger partial charge in [0, 0.05) is 6.07 Å². The molecule has 0 radical (unpaired) electrons. The Hall–Kier alpha value is -2.05. The second kappa shape index (κ2) is 3.84. The molecule has 86 valence electrons. The zero-order chi connectivity index (χ0) is 11.7. The monoisotopic (exact) mass is 230 g/mol. The molecule has 2 N–H and O–H groups in total. The Bertz CT molecular complexity index is 561. The lowest BCUT2D eigenvalue weighted by Gasteiger charge is -2.09. The fourth-order valence-electron chi connectivity index (χ4n) is 1.39. The van der Waals surface area contributed by atoms with E-state index >= 15 is 0 Å². The van der Waals surface area contributed by atoms with Crippen molar-refractivity contribution in [3.05, 3.63) is 22.5 Å².